The van der Waals surface area contributed by atoms with E-state index >= 15 is 0 Å². The number of primary amides is 1. The molecule has 1 aromatic carbocycles. The average Bonchev–Trinajstić information content (AvgIpc) is 2.87. The zero-order valence-electron chi connectivity index (χ0n) is 10.1. The highest BCUT2D eigenvalue weighted by molar-refractivity contribution is 7.12. The number of rotatable bonds is 4. The van der Waals surface area contributed by atoms with E-state index in [1.807, 2.05) is 0 Å². The van der Waals surface area contributed by atoms with Crippen LogP contribution in [0.4, 0.5) is 5.69 Å². The molecule has 0 unspecified atom stereocenters. The third-order valence-corrected chi connectivity index (χ3v) is 3.44. The summed E-state index contributed by atoms with van der Waals surface area (Å²) in [5, 5.41) is 13.0. The van der Waals surface area contributed by atoms with Crippen LogP contribution in [0, 0.1) is 0 Å². The Bertz CT molecular complexity index is 693. The highest BCUT2D eigenvalue weighted by Gasteiger charge is 2.14. The number of benzene rings is 1. The van der Waals surface area contributed by atoms with Crippen LogP contribution in [-0.4, -0.2) is 22.9 Å². The maximum absolute atomic E-state index is 12.0. The van der Waals surface area contributed by atoms with Crippen LogP contribution in [0.15, 0.2) is 35.7 Å². The number of thiophene rings is 1. The molecule has 2 rings (SSSR count). The van der Waals surface area contributed by atoms with Crippen molar-refractivity contribution in [3.63, 3.8) is 0 Å². The summed E-state index contributed by atoms with van der Waals surface area (Å²) in [4.78, 5) is 34.2. The lowest BCUT2D eigenvalue weighted by Gasteiger charge is -2.05. The van der Waals surface area contributed by atoms with Gasteiger partial charge in [-0.25, -0.2) is 4.79 Å². The number of nitrogens with two attached hydrogens (primary N) is 1. The van der Waals surface area contributed by atoms with Gasteiger partial charge in [0.1, 0.15) is 4.88 Å². The summed E-state index contributed by atoms with van der Waals surface area (Å²) in [5.41, 5.74) is 5.69. The number of carboxylic acids is 1. The van der Waals surface area contributed by atoms with Crippen molar-refractivity contribution in [2.45, 2.75) is 0 Å². The fourth-order valence-corrected chi connectivity index (χ4v) is 2.29. The van der Waals surface area contributed by atoms with Crippen molar-refractivity contribution in [1.82, 2.24) is 0 Å². The number of nitrogens with one attached hydrogen (secondary N) is 1. The van der Waals surface area contributed by atoms with Crippen LogP contribution in [-0.2, 0) is 0 Å². The number of carboxylic acid groups (broad SMARTS) is 1. The first-order chi connectivity index (χ1) is 9.49. The summed E-state index contributed by atoms with van der Waals surface area (Å²) in [6.07, 6.45) is 0. The van der Waals surface area contributed by atoms with Crippen LogP contribution >= 0.6 is 11.3 Å². The Morgan fingerprint density at radius 1 is 1.15 bits per heavy atom. The van der Waals surface area contributed by atoms with Crippen LogP contribution in [0.25, 0.3) is 0 Å². The quantitative estimate of drug-likeness (QED) is 0.797. The number of carbonyl (C=O) groups excluding carboxylic acids is 2. The average molecular weight is 290 g/mol. The van der Waals surface area contributed by atoms with Crippen LogP contribution in [0.1, 0.15) is 30.4 Å². The highest BCUT2D eigenvalue weighted by atomic mass is 32.1. The second-order valence-electron chi connectivity index (χ2n) is 3.87. The van der Waals surface area contributed by atoms with E-state index in [1.54, 1.807) is 11.4 Å². The van der Waals surface area contributed by atoms with Crippen molar-refractivity contribution in [1.29, 1.82) is 0 Å². The Balaban J connectivity index is 2.24. The van der Waals surface area contributed by atoms with E-state index < -0.39 is 17.8 Å². The molecule has 7 heteroatoms. The molecule has 2 aromatic rings. The summed E-state index contributed by atoms with van der Waals surface area (Å²) >= 11 is 1.12. The highest BCUT2D eigenvalue weighted by Crippen LogP contribution is 2.22. The molecule has 2 amide bonds. The lowest BCUT2D eigenvalue weighted by molar-refractivity contribution is 0.0696. The Morgan fingerprint density at radius 2 is 1.85 bits per heavy atom. The molecule has 0 aliphatic heterocycles. The van der Waals surface area contributed by atoms with Crippen molar-refractivity contribution < 1.29 is 19.5 Å². The molecule has 0 aliphatic rings. The lowest BCUT2D eigenvalue weighted by Crippen LogP contribution is -2.16. The Labute approximate surface area is 117 Å². The van der Waals surface area contributed by atoms with Crippen molar-refractivity contribution in [2.75, 3.05) is 5.32 Å². The Morgan fingerprint density at radius 3 is 2.50 bits per heavy atom. The first-order valence-electron chi connectivity index (χ1n) is 5.51. The van der Waals surface area contributed by atoms with Crippen molar-refractivity contribution >= 4 is 34.8 Å². The zero-order valence-corrected chi connectivity index (χ0v) is 10.9. The Kier molecular flexibility index (Phi) is 3.81. The van der Waals surface area contributed by atoms with Gasteiger partial charge < -0.3 is 16.2 Å². The topological polar surface area (TPSA) is 109 Å². The third-order valence-electron chi connectivity index (χ3n) is 2.51. The maximum Gasteiger partial charge on any atom is 0.335 e. The molecule has 0 atom stereocenters. The minimum atomic E-state index is -1.12. The third kappa shape index (κ3) is 2.83. The normalized spacial score (nSPS) is 10.0. The van der Waals surface area contributed by atoms with Gasteiger partial charge in [0, 0.05) is 5.56 Å². The van der Waals surface area contributed by atoms with Crippen LogP contribution < -0.4 is 11.1 Å². The molecule has 0 aliphatic carbocycles. The van der Waals surface area contributed by atoms with Gasteiger partial charge in [-0.3, -0.25) is 9.59 Å². The molecule has 1 aromatic heterocycles. The molecular formula is C13H10N2O4S. The van der Waals surface area contributed by atoms with Gasteiger partial charge in [-0.15, -0.1) is 11.3 Å². The molecule has 102 valence electrons. The summed E-state index contributed by atoms with van der Waals surface area (Å²) < 4.78 is 0. The number of carbonyl (C=O) groups is 3. The molecule has 1 heterocycles. The van der Waals surface area contributed by atoms with Gasteiger partial charge in [-0.05, 0) is 29.6 Å². The van der Waals surface area contributed by atoms with E-state index in [0.29, 0.717) is 5.69 Å². The van der Waals surface area contributed by atoms with Crippen LogP contribution in [0.3, 0.4) is 0 Å². The van der Waals surface area contributed by atoms with E-state index in [2.05, 4.69) is 5.32 Å². The first kappa shape index (κ1) is 13.8. The zero-order chi connectivity index (χ0) is 14.7. The van der Waals surface area contributed by atoms with Gasteiger partial charge in [0.2, 0.25) is 0 Å². The predicted molar refractivity (Wildman–Crippen MR) is 74.2 cm³/mol. The molecule has 6 nitrogen and oxygen atoms in total. The molecule has 20 heavy (non-hydrogen) atoms. The number of hydrogen-bond acceptors (Lipinski definition) is 4. The Hall–Kier alpha value is -2.67. The van der Waals surface area contributed by atoms with Gasteiger partial charge >= 0.3 is 5.97 Å². The fraction of sp³-hybridized carbons (Fsp3) is 0. The minimum absolute atomic E-state index is 0.0121. The smallest absolute Gasteiger partial charge is 0.335 e. The van der Waals surface area contributed by atoms with Gasteiger partial charge in [0.15, 0.2) is 0 Å². The minimum Gasteiger partial charge on any atom is -0.478 e. The molecule has 0 bridgehead atoms. The SMILES string of the molecule is NC(=O)c1sccc1NC(=O)c1cccc(C(=O)O)c1. The standard InChI is InChI=1S/C13H10N2O4S/c14-11(16)10-9(4-5-20-10)15-12(17)7-2-1-3-8(6-7)13(18)19/h1-6H,(H2,14,16)(H,15,17)(H,18,19). The number of hydrogen-bond donors (Lipinski definition) is 3. The van der Waals surface area contributed by atoms with E-state index in [9.17, 15) is 14.4 Å². The maximum atomic E-state index is 12.0. The molecule has 4 N–H and O–H groups in total. The van der Waals surface area contributed by atoms with Crippen LogP contribution in [0.2, 0.25) is 0 Å². The van der Waals surface area contributed by atoms with Crippen molar-refractivity contribution in [2.24, 2.45) is 5.73 Å². The summed E-state index contributed by atoms with van der Waals surface area (Å²) in [5.74, 6) is -2.25. The predicted octanol–water partition coefficient (Wildman–Crippen LogP) is 1.80. The molecule has 0 fully saturated rings. The lowest BCUT2D eigenvalue weighted by atomic mass is 10.1. The summed E-state index contributed by atoms with van der Waals surface area (Å²) in [6.45, 7) is 0. The van der Waals surface area contributed by atoms with E-state index in [4.69, 9.17) is 10.8 Å². The number of amides is 2. The number of anilines is 1. The van der Waals surface area contributed by atoms with Gasteiger partial charge in [-0.1, -0.05) is 6.07 Å². The second-order valence-corrected chi connectivity index (χ2v) is 4.78. The molecule has 0 saturated heterocycles. The number of aromatic carboxylic acids is 1. The van der Waals surface area contributed by atoms with E-state index in [-0.39, 0.29) is 16.0 Å². The molecular weight excluding hydrogens is 280 g/mol. The monoisotopic (exact) mass is 290 g/mol. The van der Waals surface area contributed by atoms with Crippen molar-refractivity contribution in [3.05, 3.63) is 51.7 Å². The van der Waals surface area contributed by atoms with E-state index in [0.717, 1.165) is 11.3 Å². The van der Waals surface area contributed by atoms with Gasteiger partial charge in [-0.2, -0.15) is 0 Å². The largest absolute Gasteiger partial charge is 0.478 e. The van der Waals surface area contributed by atoms with E-state index in [1.165, 1.54) is 24.3 Å². The molecule has 0 radical (unpaired) electrons. The van der Waals surface area contributed by atoms with Gasteiger partial charge in [0.25, 0.3) is 11.8 Å². The molecule has 0 saturated carbocycles. The fourth-order valence-electron chi connectivity index (χ4n) is 1.59. The molecule has 0 spiro atoms. The summed E-state index contributed by atoms with van der Waals surface area (Å²) in [6, 6.07) is 7.16. The van der Waals surface area contributed by atoms with Crippen molar-refractivity contribution in [3.8, 4) is 0 Å². The second kappa shape index (κ2) is 5.54. The van der Waals surface area contributed by atoms with Gasteiger partial charge in [0.05, 0.1) is 11.3 Å². The summed E-state index contributed by atoms with van der Waals surface area (Å²) in [7, 11) is 0. The first-order valence-corrected chi connectivity index (χ1v) is 6.39. The van der Waals surface area contributed by atoms with Crippen LogP contribution in [0.5, 0.6) is 0 Å².